The summed E-state index contributed by atoms with van der Waals surface area (Å²) < 4.78 is 0. The third-order valence-electron chi connectivity index (χ3n) is 3.05. The van der Waals surface area contributed by atoms with Gasteiger partial charge in [-0.2, -0.15) is 0 Å². The summed E-state index contributed by atoms with van der Waals surface area (Å²) in [6.07, 6.45) is 1.12. The van der Waals surface area contributed by atoms with Gasteiger partial charge >= 0.3 is 0 Å². The first-order chi connectivity index (χ1) is 8.31. The van der Waals surface area contributed by atoms with Gasteiger partial charge in [-0.15, -0.1) is 10.2 Å². The molecule has 1 aromatic heterocycles. The molecule has 17 heavy (non-hydrogen) atoms. The van der Waals surface area contributed by atoms with Gasteiger partial charge in [0, 0.05) is 13.1 Å². The Hall–Kier alpha value is -1.46. The lowest BCUT2D eigenvalue weighted by Gasteiger charge is -2.27. The zero-order chi connectivity index (χ0) is 11.7. The molecule has 88 valence electrons. The number of aromatic nitrogens is 2. The SMILES string of the molecule is Nc1nnc(CN2CCc3ccccc3C2)s1. The number of nitrogens with two attached hydrogens (primary N) is 1. The Kier molecular flexibility index (Phi) is 2.78. The summed E-state index contributed by atoms with van der Waals surface area (Å²) in [5, 5.41) is 9.47. The van der Waals surface area contributed by atoms with E-state index in [0.29, 0.717) is 5.13 Å². The lowest BCUT2D eigenvalue weighted by Crippen LogP contribution is -2.29. The van der Waals surface area contributed by atoms with Crippen LogP contribution in [0.2, 0.25) is 0 Å². The molecule has 1 aliphatic rings. The van der Waals surface area contributed by atoms with Gasteiger partial charge in [-0.3, -0.25) is 4.90 Å². The normalized spacial score (nSPS) is 15.8. The van der Waals surface area contributed by atoms with Crippen LogP contribution < -0.4 is 5.73 Å². The molecule has 1 aromatic carbocycles. The summed E-state index contributed by atoms with van der Waals surface area (Å²) in [5.74, 6) is 0. The number of rotatable bonds is 2. The summed E-state index contributed by atoms with van der Waals surface area (Å²) in [6, 6.07) is 8.64. The Morgan fingerprint density at radius 2 is 2.06 bits per heavy atom. The van der Waals surface area contributed by atoms with Gasteiger partial charge in [-0.05, 0) is 17.5 Å². The second-order valence-electron chi connectivity index (χ2n) is 4.26. The van der Waals surface area contributed by atoms with E-state index in [1.165, 1.54) is 22.5 Å². The average Bonchev–Trinajstić information content (AvgIpc) is 2.75. The summed E-state index contributed by atoms with van der Waals surface area (Å²) in [4.78, 5) is 2.39. The van der Waals surface area contributed by atoms with E-state index in [1.54, 1.807) is 0 Å². The minimum Gasteiger partial charge on any atom is -0.374 e. The monoisotopic (exact) mass is 246 g/mol. The van der Waals surface area contributed by atoms with Crippen molar-refractivity contribution < 1.29 is 0 Å². The topological polar surface area (TPSA) is 55.0 Å². The zero-order valence-corrected chi connectivity index (χ0v) is 10.3. The van der Waals surface area contributed by atoms with Crippen molar-refractivity contribution in [3.63, 3.8) is 0 Å². The van der Waals surface area contributed by atoms with Gasteiger partial charge in [0.1, 0.15) is 5.01 Å². The Bertz CT molecular complexity index is 523. The number of hydrogen-bond donors (Lipinski definition) is 1. The van der Waals surface area contributed by atoms with Crippen molar-refractivity contribution in [1.29, 1.82) is 0 Å². The summed E-state index contributed by atoms with van der Waals surface area (Å²) >= 11 is 1.48. The van der Waals surface area contributed by atoms with E-state index >= 15 is 0 Å². The molecule has 3 rings (SSSR count). The molecule has 2 N–H and O–H groups in total. The first-order valence-electron chi connectivity index (χ1n) is 5.68. The minimum absolute atomic E-state index is 0.553. The van der Waals surface area contributed by atoms with Crippen molar-refractivity contribution in [1.82, 2.24) is 15.1 Å². The number of benzene rings is 1. The standard InChI is InChI=1S/C12H14N4S/c13-12-15-14-11(17-12)8-16-6-5-9-3-1-2-4-10(9)7-16/h1-4H,5-8H2,(H2,13,15). The highest BCUT2D eigenvalue weighted by molar-refractivity contribution is 7.15. The second-order valence-corrected chi connectivity index (χ2v) is 5.36. The molecule has 0 radical (unpaired) electrons. The van der Waals surface area contributed by atoms with Crippen LogP contribution >= 0.6 is 11.3 Å². The minimum atomic E-state index is 0.553. The Labute approximate surface area is 104 Å². The lowest BCUT2D eigenvalue weighted by molar-refractivity contribution is 0.244. The first-order valence-corrected chi connectivity index (χ1v) is 6.50. The van der Waals surface area contributed by atoms with Crippen LogP contribution in [0.15, 0.2) is 24.3 Å². The quantitative estimate of drug-likeness (QED) is 0.876. The number of anilines is 1. The highest BCUT2D eigenvalue weighted by atomic mass is 32.1. The van der Waals surface area contributed by atoms with Gasteiger partial charge < -0.3 is 5.73 Å². The Morgan fingerprint density at radius 3 is 2.82 bits per heavy atom. The molecule has 0 bridgehead atoms. The van der Waals surface area contributed by atoms with Crippen molar-refractivity contribution in [2.45, 2.75) is 19.5 Å². The number of nitrogens with zero attached hydrogens (tertiary/aromatic N) is 3. The van der Waals surface area contributed by atoms with Crippen molar-refractivity contribution >= 4 is 16.5 Å². The maximum absolute atomic E-state index is 5.59. The molecule has 4 nitrogen and oxygen atoms in total. The predicted octanol–water partition coefficient (Wildman–Crippen LogP) is 1.68. The smallest absolute Gasteiger partial charge is 0.203 e. The largest absolute Gasteiger partial charge is 0.374 e. The van der Waals surface area contributed by atoms with Gasteiger partial charge in [0.05, 0.1) is 6.54 Å². The van der Waals surface area contributed by atoms with Gasteiger partial charge in [-0.25, -0.2) is 0 Å². The molecule has 0 fully saturated rings. The molecule has 0 saturated carbocycles. The Morgan fingerprint density at radius 1 is 1.24 bits per heavy atom. The van der Waals surface area contributed by atoms with E-state index in [-0.39, 0.29) is 0 Å². The van der Waals surface area contributed by atoms with Gasteiger partial charge in [0.15, 0.2) is 0 Å². The van der Waals surface area contributed by atoms with E-state index in [0.717, 1.165) is 31.1 Å². The van der Waals surface area contributed by atoms with Crippen LogP contribution in [-0.4, -0.2) is 21.6 Å². The Balaban J connectivity index is 1.72. The summed E-state index contributed by atoms with van der Waals surface area (Å²) in [7, 11) is 0. The number of nitrogen functional groups attached to an aromatic ring is 1. The van der Waals surface area contributed by atoms with Crippen LogP contribution in [0.3, 0.4) is 0 Å². The van der Waals surface area contributed by atoms with Crippen LogP contribution in [0.25, 0.3) is 0 Å². The highest BCUT2D eigenvalue weighted by Crippen LogP contribution is 2.21. The van der Waals surface area contributed by atoms with Crippen LogP contribution in [0.1, 0.15) is 16.1 Å². The molecule has 5 heteroatoms. The fourth-order valence-corrected chi connectivity index (χ4v) is 2.86. The maximum Gasteiger partial charge on any atom is 0.203 e. The second kappa shape index (κ2) is 4.43. The van der Waals surface area contributed by atoms with E-state index < -0.39 is 0 Å². The van der Waals surface area contributed by atoms with Crippen molar-refractivity contribution in [2.75, 3.05) is 12.3 Å². The first kappa shape index (κ1) is 10.7. The lowest BCUT2D eigenvalue weighted by atomic mass is 10.0. The number of hydrogen-bond acceptors (Lipinski definition) is 5. The average molecular weight is 246 g/mol. The maximum atomic E-state index is 5.59. The third kappa shape index (κ3) is 2.30. The molecule has 0 amide bonds. The van der Waals surface area contributed by atoms with E-state index in [1.807, 2.05) is 0 Å². The van der Waals surface area contributed by atoms with Gasteiger partial charge in [0.25, 0.3) is 0 Å². The van der Waals surface area contributed by atoms with Gasteiger partial charge in [0.2, 0.25) is 5.13 Å². The van der Waals surface area contributed by atoms with Crippen molar-refractivity contribution in [3.05, 3.63) is 40.4 Å². The number of fused-ring (bicyclic) bond motifs is 1. The molecule has 0 unspecified atom stereocenters. The summed E-state index contributed by atoms with van der Waals surface area (Å²) in [6.45, 7) is 2.93. The molecule has 0 aliphatic carbocycles. The summed E-state index contributed by atoms with van der Waals surface area (Å²) in [5.41, 5.74) is 8.49. The van der Waals surface area contributed by atoms with Gasteiger partial charge in [-0.1, -0.05) is 35.6 Å². The molecular formula is C12H14N4S. The van der Waals surface area contributed by atoms with Crippen LogP contribution in [0.4, 0.5) is 5.13 Å². The van der Waals surface area contributed by atoms with E-state index in [4.69, 9.17) is 5.73 Å². The fraction of sp³-hybridized carbons (Fsp3) is 0.333. The third-order valence-corrected chi connectivity index (χ3v) is 3.79. The van der Waals surface area contributed by atoms with Crippen molar-refractivity contribution in [3.8, 4) is 0 Å². The zero-order valence-electron chi connectivity index (χ0n) is 9.47. The van der Waals surface area contributed by atoms with E-state index in [2.05, 4.69) is 39.4 Å². The van der Waals surface area contributed by atoms with Crippen LogP contribution in [0.5, 0.6) is 0 Å². The fourth-order valence-electron chi connectivity index (χ4n) is 2.21. The van der Waals surface area contributed by atoms with E-state index in [9.17, 15) is 0 Å². The molecule has 0 saturated heterocycles. The molecule has 2 heterocycles. The van der Waals surface area contributed by atoms with Crippen molar-refractivity contribution in [2.24, 2.45) is 0 Å². The molecule has 1 aliphatic heterocycles. The van der Waals surface area contributed by atoms with Crippen LogP contribution in [0, 0.1) is 0 Å². The molecule has 0 atom stereocenters. The highest BCUT2D eigenvalue weighted by Gasteiger charge is 2.16. The van der Waals surface area contributed by atoms with Crippen LogP contribution in [-0.2, 0) is 19.5 Å². The predicted molar refractivity (Wildman–Crippen MR) is 68.6 cm³/mol. The molecular weight excluding hydrogens is 232 g/mol. The molecule has 0 spiro atoms. The molecule has 2 aromatic rings.